The first kappa shape index (κ1) is 29.8. The third-order valence-electron chi connectivity index (χ3n) is 6.29. The number of aliphatic hydroxyl groups is 1. The van der Waals surface area contributed by atoms with Crippen LogP contribution in [0.3, 0.4) is 0 Å². The van der Waals surface area contributed by atoms with E-state index in [2.05, 4.69) is 5.32 Å². The van der Waals surface area contributed by atoms with Crippen LogP contribution < -0.4 is 26.5 Å². The first-order chi connectivity index (χ1) is 18.5. The van der Waals surface area contributed by atoms with Gasteiger partial charge >= 0.3 is 239 Å². The van der Waals surface area contributed by atoms with E-state index in [1.54, 1.807) is 0 Å². The predicted octanol–water partition coefficient (Wildman–Crippen LogP) is -1.12. The molecule has 216 valence electrons. The van der Waals surface area contributed by atoms with Crippen LogP contribution in [0.2, 0.25) is 0 Å². The monoisotopic (exact) mass is 677 g/mol. The van der Waals surface area contributed by atoms with Crippen molar-refractivity contribution in [1.82, 2.24) is 9.62 Å². The van der Waals surface area contributed by atoms with Crippen LogP contribution in [0.4, 0.5) is 4.79 Å². The maximum atomic E-state index is 13.5. The summed E-state index contributed by atoms with van der Waals surface area (Å²) in [5.74, 6) is -0.946. The Kier molecular flexibility index (Phi) is 9.93. The van der Waals surface area contributed by atoms with Crippen molar-refractivity contribution in [2.75, 3.05) is 26.3 Å². The molecule has 11 nitrogen and oxygen atoms in total. The maximum absolute atomic E-state index is 13.5. The third-order valence-corrected chi connectivity index (χ3v) is 11.3. The summed E-state index contributed by atoms with van der Waals surface area (Å²) in [6.45, 7) is 4.18. The fourth-order valence-corrected chi connectivity index (χ4v) is 8.83. The molecule has 0 saturated carbocycles. The van der Waals surface area contributed by atoms with Gasteiger partial charge in [-0.05, 0) is 0 Å². The molecule has 39 heavy (non-hydrogen) atoms. The van der Waals surface area contributed by atoms with Gasteiger partial charge in [-0.15, -0.1) is 0 Å². The zero-order valence-electron chi connectivity index (χ0n) is 21.6. The number of phenols is 2. The van der Waals surface area contributed by atoms with Crippen LogP contribution in [0.5, 0.6) is 11.5 Å². The summed E-state index contributed by atoms with van der Waals surface area (Å²) >= 11 is -1.02. The molecule has 4 rings (SSSR count). The van der Waals surface area contributed by atoms with Crippen molar-refractivity contribution in [3.8, 4) is 11.5 Å². The molecule has 0 aromatic heterocycles. The first-order valence-electron chi connectivity index (χ1n) is 12.6. The molecule has 2 aliphatic heterocycles. The number of carbonyl (C=O) groups excluding carboxylic acids is 1. The average molecular weight is 678 g/mol. The molecule has 5 atom stereocenters. The molecule has 2 fully saturated rings. The number of hydrogen-bond acceptors (Lipinski definition) is 9. The summed E-state index contributed by atoms with van der Waals surface area (Å²) in [5, 5.41) is 33.8. The molecule has 2 aromatic rings. The summed E-state index contributed by atoms with van der Waals surface area (Å²) < 4.78 is 45.0. The van der Waals surface area contributed by atoms with Crippen LogP contribution in [-0.2, 0) is 24.2 Å². The Labute approximate surface area is 238 Å². The number of carbonyl (C=O) groups is 1. The number of amides is 1. The Morgan fingerprint density at radius 2 is 1.82 bits per heavy atom. The van der Waals surface area contributed by atoms with Gasteiger partial charge in [-0.2, -0.15) is 0 Å². The number of nitrogens with zero attached hydrogens (tertiary/aromatic N) is 1. The molecule has 2 heterocycles. The number of halogens is 1. The summed E-state index contributed by atoms with van der Waals surface area (Å²) in [7, 11) is -4.21. The van der Waals surface area contributed by atoms with E-state index in [1.165, 1.54) is 0 Å². The van der Waals surface area contributed by atoms with Gasteiger partial charge in [-0.25, -0.2) is 0 Å². The van der Waals surface area contributed by atoms with Gasteiger partial charge < -0.3 is 0 Å². The van der Waals surface area contributed by atoms with E-state index in [4.69, 9.17) is 14.2 Å². The van der Waals surface area contributed by atoms with Gasteiger partial charge in [0, 0.05) is 0 Å². The van der Waals surface area contributed by atoms with Gasteiger partial charge in [0.2, 0.25) is 0 Å². The van der Waals surface area contributed by atoms with Gasteiger partial charge in [-0.1, -0.05) is 0 Å². The molecule has 0 unspecified atom stereocenters. The van der Waals surface area contributed by atoms with E-state index in [0.717, 1.165) is 32.5 Å². The molecule has 0 bridgehead atoms. The second kappa shape index (κ2) is 13.0. The van der Waals surface area contributed by atoms with Crippen LogP contribution in [0.25, 0.3) is 0 Å². The van der Waals surface area contributed by atoms with E-state index in [0.29, 0.717) is 6.61 Å². The molecule has 1 amide bonds. The molecule has 2 saturated heterocycles. The van der Waals surface area contributed by atoms with Crippen molar-refractivity contribution < 1.29 is 63.9 Å². The summed E-state index contributed by atoms with van der Waals surface area (Å²) in [5.41, 5.74) is 0. The summed E-state index contributed by atoms with van der Waals surface area (Å²) in [4.78, 5) is 12.6. The van der Waals surface area contributed by atoms with Gasteiger partial charge in [0.05, 0.1) is 0 Å². The second-order valence-corrected chi connectivity index (χ2v) is 15.0. The Morgan fingerprint density at radius 1 is 1.13 bits per heavy atom. The Bertz CT molecular complexity index is 1210. The number of sulfonamides is 1. The first-order valence-corrected chi connectivity index (χ1v) is 16.4. The number of nitrogens with one attached hydrogen (secondary N) is 1. The number of phenolic OH excluding ortho intramolecular Hbond substituents is 2. The molecule has 4 N–H and O–H groups in total. The minimum absolute atomic E-state index is 0.0478. The summed E-state index contributed by atoms with van der Waals surface area (Å²) in [6.07, 6.45) is -2.12. The average Bonchev–Trinajstić information content (AvgIpc) is 3.48. The van der Waals surface area contributed by atoms with Crippen LogP contribution in [0.1, 0.15) is 20.3 Å². The molecular formula is C26H34IN2O9S-. The number of aliphatic hydroxyl groups excluding tert-OH is 1. The number of aromatic hydroxyl groups is 2. The Hall–Kier alpha value is -2.17. The Balaban J connectivity index is 1.53. The van der Waals surface area contributed by atoms with E-state index in [1.807, 2.05) is 44.2 Å². The number of alkyl carbamates (subject to hydrolysis) is 1. The van der Waals surface area contributed by atoms with Gasteiger partial charge in [0.1, 0.15) is 0 Å². The number of hydrogen-bond donors (Lipinski definition) is 4. The number of benzene rings is 2. The molecule has 0 aliphatic carbocycles. The van der Waals surface area contributed by atoms with Gasteiger partial charge in [-0.3, -0.25) is 0 Å². The van der Waals surface area contributed by atoms with Crippen molar-refractivity contribution in [3.05, 3.63) is 52.1 Å². The minimum atomic E-state index is -4.21. The Morgan fingerprint density at radius 3 is 2.49 bits per heavy atom. The zero-order valence-corrected chi connectivity index (χ0v) is 24.6. The van der Waals surface area contributed by atoms with Crippen LogP contribution in [0.15, 0.2) is 53.4 Å². The van der Waals surface area contributed by atoms with E-state index in [9.17, 15) is 28.5 Å². The van der Waals surface area contributed by atoms with Crippen molar-refractivity contribution in [3.63, 3.8) is 0 Å². The quantitative estimate of drug-likeness (QED) is 0.132. The van der Waals surface area contributed by atoms with Crippen molar-refractivity contribution in [2.45, 2.75) is 47.7 Å². The fourth-order valence-electron chi connectivity index (χ4n) is 4.50. The normalized spacial score (nSPS) is 22.6. The molecular weight excluding hydrogens is 643 g/mol. The zero-order chi connectivity index (χ0) is 28.2. The van der Waals surface area contributed by atoms with Gasteiger partial charge in [0.15, 0.2) is 0 Å². The van der Waals surface area contributed by atoms with Crippen molar-refractivity contribution in [1.29, 1.82) is 0 Å². The molecule has 13 heteroatoms. The SMILES string of the molecule is CC(C)CN(C[C@@H](O)[C@@H](NC(=O)O[C@H]1CO[C@H]2OCC[C@H]21)[I-]c1ccccc1)S(=O)(=O)c1cc(O)cc(O)c1. The standard InChI is InChI=1S/C26H34IN2O9S/c1-16(2)13-29(39(34,35)20-11-18(30)10-19(31)12-20)14-22(32)24(27-17-6-4-3-5-7-17)28-26(33)38-23-15-37-25-21(23)8-9-36-25/h3-7,10-12,16,21-25,30-32H,8-9,13-15H2,1-2H3,(H,28,33)/q-1/t21-,22+,23-,24+,25+/m0/s1. The molecule has 2 aliphatic rings. The molecule has 0 spiro atoms. The van der Waals surface area contributed by atoms with Crippen LogP contribution >= 0.6 is 0 Å². The number of ether oxygens (including phenoxy) is 3. The second-order valence-electron chi connectivity index (χ2n) is 9.89. The third kappa shape index (κ3) is 7.73. The van der Waals surface area contributed by atoms with Crippen molar-refractivity contribution in [2.24, 2.45) is 11.8 Å². The van der Waals surface area contributed by atoms with E-state index < -0.39 is 65.1 Å². The predicted molar refractivity (Wildman–Crippen MR) is 136 cm³/mol. The number of fused-ring (bicyclic) bond motifs is 1. The number of rotatable bonds is 11. The van der Waals surface area contributed by atoms with E-state index >= 15 is 0 Å². The van der Waals surface area contributed by atoms with Crippen LogP contribution in [0, 0.1) is 15.4 Å². The van der Waals surface area contributed by atoms with Gasteiger partial charge in [0.25, 0.3) is 0 Å². The van der Waals surface area contributed by atoms with Crippen molar-refractivity contribution >= 4 is 16.1 Å². The fraction of sp³-hybridized carbons (Fsp3) is 0.500. The molecule has 2 aromatic carbocycles. The van der Waals surface area contributed by atoms with Crippen LogP contribution in [-0.4, -0.2) is 83.0 Å². The topological polar surface area (TPSA) is 155 Å². The van der Waals surface area contributed by atoms with E-state index in [-0.39, 0.29) is 42.7 Å². The molecule has 0 radical (unpaired) electrons. The summed E-state index contributed by atoms with van der Waals surface area (Å²) in [6, 6.07) is 12.5. The number of alkyl halides is 1.